The summed E-state index contributed by atoms with van der Waals surface area (Å²) in [6, 6.07) is 116. The zero-order valence-electron chi connectivity index (χ0n) is 48.2. The van der Waals surface area contributed by atoms with Crippen LogP contribution in [0.25, 0.3) is 121 Å². The van der Waals surface area contributed by atoms with E-state index in [0.29, 0.717) is 0 Å². The number of furan rings is 2. The highest BCUT2D eigenvalue weighted by Crippen LogP contribution is 2.66. The van der Waals surface area contributed by atoms with E-state index in [4.69, 9.17) is 8.83 Å². The second kappa shape index (κ2) is 19.1. The lowest BCUT2D eigenvalue weighted by Crippen LogP contribution is -2.26. The lowest BCUT2D eigenvalue weighted by molar-refractivity contribution is 0.668. The third-order valence-corrected chi connectivity index (χ3v) is 19.2. The first kappa shape index (κ1) is 49.5. The van der Waals surface area contributed by atoms with Crippen LogP contribution in [0.2, 0.25) is 0 Å². The minimum absolute atomic E-state index is 0.690. The standard InChI is InChI=1S/C85H52N2O2/c1-3-21-53(22-4-1)61-26-10-15-35-75(61)86(77-37-19-32-68-65-29-12-17-39-79(65)88-83(68)77)59-44-41-56-51-71-67-46-42-57-49-60(87(76-36-16-11-27-62(76)54-23-5-2-6-24-54)78-38-20-33-69-66-30-13-18-40-80(66)89-84(69)78)45-47-64(57)82(67)85(74(71)52-58(56)50-59)72-34-14-9-31-70(72)81-63-28-8-7-25-55(63)43-48-73(81)85/h1-52H. The molecule has 15 aromatic carbocycles. The van der Waals surface area contributed by atoms with E-state index in [1.165, 1.54) is 66.1 Å². The molecule has 0 bridgehead atoms. The smallest absolute Gasteiger partial charge is 0.159 e. The first-order valence-corrected chi connectivity index (χ1v) is 30.6. The number of rotatable bonds is 8. The van der Waals surface area contributed by atoms with E-state index in [1.807, 2.05) is 0 Å². The molecule has 0 saturated heterocycles. The molecule has 89 heavy (non-hydrogen) atoms. The number of hydrogen-bond acceptors (Lipinski definition) is 4. The van der Waals surface area contributed by atoms with Crippen LogP contribution in [0.4, 0.5) is 34.1 Å². The maximum Gasteiger partial charge on any atom is 0.159 e. The summed E-state index contributed by atoms with van der Waals surface area (Å²) in [6.45, 7) is 0. The molecule has 2 aliphatic rings. The summed E-state index contributed by atoms with van der Waals surface area (Å²) in [5.41, 5.74) is 23.6. The van der Waals surface area contributed by atoms with E-state index in [-0.39, 0.29) is 0 Å². The van der Waals surface area contributed by atoms with Crippen LogP contribution in [-0.4, -0.2) is 0 Å². The van der Waals surface area contributed by atoms with Gasteiger partial charge in [-0.25, -0.2) is 0 Å². The van der Waals surface area contributed by atoms with Crippen LogP contribution in [0.5, 0.6) is 0 Å². The quantitative estimate of drug-likeness (QED) is 0.152. The molecule has 2 aliphatic carbocycles. The van der Waals surface area contributed by atoms with Gasteiger partial charge in [0, 0.05) is 44.0 Å². The lowest BCUT2D eigenvalue weighted by Gasteiger charge is -2.32. The minimum atomic E-state index is -0.690. The van der Waals surface area contributed by atoms with Crippen LogP contribution in [0.15, 0.2) is 324 Å². The molecule has 0 fully saturated rings. The minimum Gasteiger partial charge on any atom is -0.454 e. The Morgan fingerprint density at radius 3 is 1.39 bits per heavy atom. The summed E-state index contributed by atoms with van der Waals surface area (Å²) in [6.07, 6.45) is 0. The Kier molecular flexibility index (Phi) is 10.7. The van der Waals surface area contributed by atoms with E-state index in [2.05, 4.69) is 325 Å². The van der Waals surface area contributed by atoms with Gasteiger partial charge >= 0.3 is 0 Å². The second-order valence-corrected chi connectivity index (χ2v) is 23.8. The summed E-state index contributed by atoms with van der Waals surface area (Å²) in [4.78, 5) is 4.83. The SMILES string of the molecule is c1ccc(-c2ccccc2N(c2ccc3cc4c(cc3c2)C2(c3ccccc3-c3c2ccc2ccccc32)c2c-4ccc3cc(N(c4ccccc4-c4ccccc4)c4cccc5c4oc4ccccc45)ccc23)c2cccc3c2oc2ccccc23)cc1. The van der Waals surface area contributed by atoms with Crippen LogP contribution < -0.4 is 9.80 Å². The van der Waals surface area contributed by atoms with Gasteiger partial charge in [0.2, 0.25) is 0 Å². The van der Waals surface area contributed by atoms with Gasteiger partial charge in [0.25, 0.3) is 0 Å². The van der Waals surface area contributed by atoms with Crippen LogP contribution >= 0.6 is 0 Å². The molecule has 0 radical (unpaired) electrons. The molecule has 2 heterocycles. The zero-order valence-corrected chi connectivity index (χ0v) is 48.2. The van der Waals surface area contributed by atoms with Crippen molar-refractivity contribution >= 4 is 110 Å². The van der Waals surface area contributed by atoms with Crippen molar-refractivity contribution in [2.45, 2.75) is 5.41 Å². The van der Waals surface area contributed by atoms with Crippen molar-refractivity contribution < 1.29 is 8.83 Å². The van der Waals surface area contributed by atoms with Gasteiger partial charge < -0.3 is 18.6 Å². The number of anilines is 6. The van der Waals surface area contributed by atoms with Crippen LogP contribution in [0, 0.1) is 0 Å². The van der Waals surface area contributed by atoms with Gasteiger partial charge in [-0.05, 0) is 161 Å². The second-order valence-electron chi connectivity index (χ2n) is 23.8. The molecule has 0 N–H and O–H groups in total. The number of nitrogens with zero attached hydrogens (tertiary/aromatic N) is 2. The molecule has 0 amide bonds. The fourth-order valence-corrected chi connectivity index (χ4v) is 15.5. The summed E-state index contributed by atoms with van der Waals surface area (Å²) >= 11 is 0. The largest absolute Gasteiger partial charge is 0.454 e. The first-order valence-electron chi connectivity index (χ1n) is 30.6. The molecule has 4 heteroatoms. The number of fused-ring (bicyclic) bond motifs is 21. The van der Waals surface area contributed by atoms with E-state index < -0.39 is 5.41 Å². The average molecular weight is 1130 g/mol. The van der Waals surface area contributed by atoms with Gasteiger partial charge in [0.05, 0.1) is 28.2 Å². The molecule has 1 spiro atoms. The fraction of sp³-hybridized carbons (Fsp3) is 0.0118. The predicted molar refractivity (Wildman–Crippen MR) is 370 cm³/mol. The van der Waals surface area contributed by atoms with E-state index in [0.717, 1.165) is 111 Å². The van der Waals surface area contributed by atoms with Gasteiger partial charge in [-0.3, -0.25) is 0 Å². The number of para-hydroxylation sites is 6. The molecule has 4 nitrogen and oxygen atoms in total. The number of benzene rings is 15. The third kappa shape index (κ3) is 7.17. The summed E-state index contributed by atoms with van der Waals surface area (Å²) in [7, 11) is 0. The Balaban J connectivity index is 0.863. The van der Waals surface area contributed by atoms with Crippen LogP contribution in [0.3, 0.4) is 0 Å². The normalized spacial score (nSPS) is 13.9. The highest BCUT2D eigenvalue weighted by Gasteiger charge is 2.53. The van der Waals surface area contributed by atoms with Crippen molar-refractivity contribution in [3.05, 3.63) is 338 Å². The van der Waals surface area contributed by atoms with Crippen molar-refractivity contribution in [3.8, 4) is 44.5 Å². The Hall–Kier alpha value is -11.7. The van der Waals surface area contributed by atoms with Gasteiger partial charge in [-0.1, -0.05) is 243 Å². The highest BCUT2D eigenvalue weighted by atomic mass is 16.3. The van der Waals surface area contributed by atoms with Crippen molar-refractivity contribution in [1.82, 2.24) is 0 Å². The van der Waals surface area contributed by atoms with Gasteiger partial charge in [-0.2, -0.15) is 0 Å². The maximum atomic E-state index is 6.90. The van der Waals surface area contributed by atoms with Gasteiger partial charge in [0.15, 0.2) is 11.2 Å². The Morgan fingerprint density at radius 2 is 0.742 bits per heavy atom. The zero-order chi connectivity index (χ0) is 58.3. The summed E-state index contributed by atoms with van der Waals surface area (Å²) < 4.78 is 13.8. The van der Waals surface area contributed by atoms with Crippen molar-refractivity contribution in [3.63, 3.8) is 0 Å². The monoisotopic (exact) mass is 1130 g/mol. The van der Waals surface area contributed by atoms with E-state index in [1.54, 1.807) is 0 Å². The van der Waals surface area contributed by atoms with E-state index in [9.17, 15) is 0 Å². The first-order chi connectivity index (χ1) is 44.2. The molecule has 0 saturated carbocycles. The predicted octanol–water partition coefficient (Wildman–Crippen LogP) is 23.6. The topological polar surface area (TPSA) is 32.8 Å². The Morgan fingerprint density at radius 1 is 0.247 bits per heavy atom. The van der Waals surface area contributed by atoms with Crippen molar-refractivity contribution in [1.29, 1.82) is 0 Å². The maximum absolute atomic E-state index is 6.90. The van der Waals surface area contributed by atoms with Gasteiger partial charge in [0.1, 0.15) is 11.2 Å². The Labute approximate surface area is 513 Å². The number of hydrogen-bond donors (Lipinski definition) is 0. The molecule has 0 aliphatic heterocycles. The molecule has 17 aromatic rings. The molecule has 19 rings (SSSR count). The Bertz CT molecular complexity index is 5780. The van der Waals surface area contributed by atoms with Gasteiger partial charge in [-0.15, -0.1) is 0 Å². The fourth-order valence-electron chi connectivity index (χ4n) is 15.5. The van der Waals surface area contributed by atoms with Crippen LogP contribution in [-0.2, 0) is 5.41 Å². The summed E-state index contributed by atoms with van der Waals surface area (Å²) in [5.74, 6) is 0. The molecule has 414 valence electrons. The lowest BCUT2D eigenvalue weighted by atomic mass is 9.69. The molecule has 1 atom stereocenters. The molecular weight excluding hydrogens is 1080 g/mol. The van der Waals surface area contributed by atoms with Crippen LogP contribution in [0.1, 0.15) is 22.3 Å². The molecule has 2 aromatic heterocycles. The van der Waals surface area contributed by atoms with Crippen molar-refractivity contribution in [2.75, 3.05) is 9.80 Å². The molecular formula is C85H52N2O2. The average Bonchev–Trinajstić information content (AvgIpc) is 1.50. The summed E-state index contributed by atoms with van der Waals surface area (Å²) in [5, 5.41) is 11.5. The molecule has 1 unspecified atom stereocenters. The van der Waals surface area contributed by atoms with Crippen molar-refractivity contribution in [2.24, 2.45) is 0 Å². The van der Waals surface area contributed by atoms with E-state index >= 15 is 0 Å². The highest BCUT2D eigenvalue weighted by molar-refractivity contribution is 6.15. The third-order valence-electron chi connectivity index (χ3n) is 19.2.